The third-order valence-corrected chi connectivity index (χ3v) is 4.07. The Morgan fingerprint density at radius 2 is 1.19 bits per heavy atom. The molecule has 4 heteroatoms. The van der Waals surface area contributed by atoms with E-state index >= 15 is 0 Å². The zero-order chi connectivity index (χ0) is 15.9. The summed E-state index contributed by atoms with van der Waals surface area (Å²) in [6.07, 6.45) is 16.1. The highest BCUT2D eigenvalue weighted by atomic mass is 16.1. The van der Waals surface area contributed by atoms with Gasteiger partial charge in [-0.15, -0.1) is 0 Å². The van der Waals surface area contributed by atoms with E-state index in [2.05, 4.69) is 6.92 Å². The summed E-state index contributed by atoms with van der Waals surface area (Å²) < 4.78 is 0. The molecule has 0 saturated heterocycles. The van der Waals surface area contributed by atoms with E-state index in [9.17, 15) is 4.79 Å². The summed E-state index contributed by atoms with van der Waals surface area (Å²) in [6, 6.07) is 0. The SMILES string of the molecule is CCCCCCCCCCCCCCC(C(=N)N)C(N)=O. The van der Waals surface area contributed by atoms with Crippen LogP contribution < -0.4 is 11.5 Å². The number of carbonyl (C=O) groups excluding carboxylic acids is 1. The molecule has 124 valence electrons. The lowest BCUT2D eigenvalue weighted by atomic mass is 9.98. The van der Waals surface area contributed by atoms with Gasteiger partial charge in [-0.05, 0) is 6.42 Å². The first-order valence-corrected chi connectivity index (χ1v) is 8.72. The standard InChI is InChI=1S/C17H35N3O/c1-2-3-4-5-6-7-8-9-10-11-12-13-14-15(16(18)19)17(20)21/h15H,2-14H2,1H3,(H3,18,19)(H2,20,21). The minimum Gasteiger partial charge on any atom is -0.387 e. The van der Waals surface area contributed by atoms with Crippen molar-refractivity contribution in [3.8, 4) is 0 Å². The van der Waals surface area contributed by atoms with Gasteiger partial charge in [-0.25, -0.2) is 0 Å². The maximum absolute atomic E-state index is 11.1. The van der Waals surface area contributed by atoms with Crippen LogP contribution in [0, 0.1) is 11.3 Å². The summed E-state index contributed by atoms with van der Waals surface area (Å²) in [5.41, 5.74) is 10.6. The van der Waals surface area contributed by atoms with Gasteiger partial charge in [0.1, 0.15) is 5.84 Å². The third-order valence-electron chi connectivity index (χ3n) is 4.07. The van der Waals surface area contributed by atoms with Gasteiger partial charge in [0, 0.05) is 0 Å². The second-order valence-electron chi connectivity index (χ2n) is 6.09. The Labute approximate surface area is 130 Å². The fourth-order valence-corrected chi connectivity index (χ4v) is 2.64. The van der Waals surface area contributed by atoms with E-state index in [0.29, 0.717) is 6.42 Å². The first-order valence-electron chi connectivity index (χ1n) is 8.72. The Bertz CT molecular complexity index is 265. The molecule has 0 aromatic carbocycles. The average molecular weight is 297 g/mol. The molecule has 0 saturated carbocycles. The first kappa shape index (κ1) is 19.9. The molecule has 0 aromatic heterocycles. The molecule has 0 fully saturated rings. The van der Waals surface area contributed by atoms with Gasteiger partial charge in [0.15, 0.2) is 0 Å². The summed E-state index contributed by atoms with van der Waals surface area (Å²) in [5.74, 6) is -1.12. The maximum Gasteiger partial charge on any atom is 0.228 e. The number of hydrogen-bond donors (Lipinski definition) is 3. The van der Waals surface area contributed by atoms with E-state index < -0.39 is 11.8 Å². The van der Waals surface area contributed by atoms with Crippen LogP contribution in [0.25, 0.3) is 0 Å². The smallest absolute Gasteiger partial charge is 0.228 e. The molecule has 0 rings (SSSR count). The van der Waals surface area contributed by atoms with Gasteiger partial charge >= 0.3 is 0 Å². The molecule has 0 heterocycles. The highest BCUT2D eigenvalue weighted by Gasteiger charge is 2.17. The zero-order valence-electron chi connectivity index (χ0n) is 13.8. The van der Waals surface area contributed by atoms with Crippen molar-refractivity contribution in [2.45, 2.75) is 90.4 Å². The topological polar surface area (TPSA) is 93.0 Å². The highest BCUT2D eigenvalue weighted by molar-refractivity contribution is 6.00. The van der Waals surface area contributed by atoms with Crippen molar-refractivity contribution in [2.24, 2.45) is 17.4 Å². The number of rotatable bonds is 15. The number of nitrogens with one attached hydrogen (secondary N) is 1. The molecular formula is C17H35N3O. The molecule has 1 amide bonds. The van der Waals surface area contributed by atoms with Crippen molar-refractivity contribution in [3.05, 3.63) is 0 Å². The van der Waals surface area contributed by atoms with E-state index in [4.69, 9.17) is 16.9 Å². The number of carbonyl (C=O) groups is 1. The lowest BCUT2D eigenvalue weighted by Gasteiger charge is -2.10. The van der Waals surface area contributed by atoms with E-state index in [0.717, 1.165) is 12.8 Å². The lowest BCUT2D eigenvalue weighted by molar-refractivity contribution is -0.120. The monoisotopic (exact) mass is 297 g/mol. The van der Waals surface area contributed by atoms with Crippen molar-refractivity contribution in [3.63, 3.8) is 0 Å². The summed E-state index contributed by atoms with van der Waals surface area (Å²) in [6.45, 7) is 2.25. The molecule has 21 heavy (non-hydrogen) atoms. The molecule has 0 spiro atoms. The molecule has 0 aliphatic heterocycles. The molecule has 1 atom stereocenters. The summed E-state index contributed by atoms with van der Waals surface area (Å²) >= 11 is 0. The van der Waals surface area contributed by atoms with E-state index in [1.807, 2.05) is 0 Å². The number of primary amides is 1. The minimum atomic E-state index is -0.562. The molecule has 1 unspecified atom stereocenters. The molecule has 0 aliphatic rings. The zero-order valence-corrected chi connectivity index (χ0v) is 13.8. The van der Waals surface area contributed by atoms with Crippen molar-refractivity contribution >= 4 is 11.7 Å². The van der Waals surface area contributed by atoms with Crippen LogP contribution in [-0.2, 0) is 4.79 Å². The predicted molar refractivity (Wildman–Crippen MR) is 90.3 cm³/mol. The quantitative estimate of drug-likeness (QED) is 0.241. The fourth-order valence-electron chi connectivity index (χ4n) is 2.64. The fraction of sp³-hybridized carbons (Fsp3) is 0.882. The maximum atomic E-state index is 11.1. The Balaban J connectivity index is 3.29. The Kier molecular flexibility index (Phi) is 13.2. The Hall–Kier alpha value is -1.06. The van der Waals surface area contributed by atoms with Gasteiger partial charge in [0.2, 0.25) is 5.91 Å². The van der Waals surface area contributed by atoms with Gasteiger partial charge in [-0.1, -0.05) is 84.0 Å². The molecule has 0 radical (unpaired) electrons. The minimum absolute atomic E-state index is 0.0921. The van der Waals surface area contributed by atoms with Crippen LogP contribution >= 0.6 is 0 Å². The lowest BCUT2D eigenvalue weighted by Crippen LogP contribution is -2.34. The first-order chi connectivity index (χ1) is 10.1. The normalized spacial score (nSPS) is 12.2. The predicted octanol–water partition coefficient (Wildman–Crippen LogP) is 4.12. The second-order valence-corrected chi connectivity index (χ2v) is 6.09. The van der Waals surface area contributed by atoms with Crippen LogP contribution in [0.1, 0.15) is 90.4 Å². The van der Waals surface area contributed by atoms with Gasteiger partial charge < -0.3 is 11.5 Å². The van der Waals surface area contributed by atoms with Crippen molar-refractivity contribution < 1.29 is 4.79 Å². The Morgan fingerprint density at radius 3 is 1.52 bits per heavy atom. The average Bonchev–Trinajstić information content (AvgIpc) is 2.43. The molecule has 5 N–H and O–H groups in total. The summed E-state index contributed by atoms with van der Waals surface area (Å²) in [4.78, 5) is 11.1. The van der Waals surface area contributed by atoms with E-state index in [1.54, 1.807) is 0 Å². The molecule has 0 bridgehead atoms. The number of amides is 1. The van der Waals surface area contributed by atoms with Gasteiger partial charge in [0.25, 0.3) is 0 Å². The summed E-state index contributed by atoms with van der Waals surface area (Å²) in [5, 5.41) is 7.31. The van der Waals surface area contributed by atoms with Crippen LogP contribution in [0.15, 0.2) is 0 Å². The van der Waals surface area contributed by atoms with Crippen LogP contribution in [0.5, 0.6) is 0 Å². The molecule has 0 aromatic rings. The molecule has 4 nitrogen and oxygen atoms in total. The number of nitrogens with two attached hydrogens (primary N) is 2. The molecule has 0 aliphatic carbocycles. The van der Waals surface area contributed by atoms with Gasteiger partial charge in [0.05, 0.1) is 5.92 Å². The van der Waals surface area contributed by atoms with Crippen LogP contribution in [0.2, 0.25) is 0 Å². The van der Waals surface area contributed by atoms with Gasteiger partial charge in [-0.2, -0.15) is 0 Å². The van der Waals surface area contributed by atoms with Crippen molar-refractivity contribution in [1.82, 2.24) is 0 Å². The summed E-state index contributed by atoms with van der Waals surface area (Å²) in [7, 11) is 0. The van der Waals surface area contributed by atoms with Crippen LogP contribution in [0.3, 0.4) is 0 Å². The van der Waals surface area contributed by atoms with Crippen molar-refractivity contribution in [1.29, 1.82) is 5.41 Å². The van der Waals surface area contributed by atoms with Gasteiger partial charge in [-0.3, -0.25) is 10.2 Å². The van der Waals surface area contributed by atoms with Crippen LogP contribution in [-0.4, -0.2) is 11.7 Å². The largest absolute Gasteiger partial charge is 0.387 e. The van der Waals surface area contributed by atoms with Crippen molar-refractivity contribution in [2.75, 3.05) is 0 Å². The number of amidine groups is 1. The van der Waals surface area contributed by atoms with E-state index in [-0.39, 0.29) is 5.84 Å². The van der Waals surface area contributed by atoms with Crippen LogP contribution in [0.4, 0.5) is 0 Å². The second kappa shape index (κ2) is 13.9. The Morgan fingerprint density at radius 1 is 0.810 bits per heavy atom. The molecular weight excluding hydrogens is 262 g/mol. The number of hydrogen-bond acceptors (Lipinski definition) is 2. The number of unbranched alkanes of at least 4 members (excludes halogenated alkanes) is 11. The highest BCUT2D eigenvalue weighted by Crippen LogP contribution is 2.14. The third kappa shape index (κ3) is 12.4. The van der Waals surface area contributed by atoms with E-state index in [1.165, 1.54) is 64.2 Å².